The molecule has 0 aliphatic heterocycles. The van der Waals surface area contributed by atoms with Gasteiger partial charge in [-0.1, -0.05) is 109 Å². The first kappa shape index (κ1) is 27.3. The molecule has 1 N–H and O–H groups in total. The molecule has 200 valence electrons. The highest BCUT2D eigenvalue weighted by atomic mass is 31.2. The summed E-state index contributed by atoms with van der Waals surface area (Å²) in [5.41, 5.74) is 0. The fraction of sp³-hybridized carbons (Fsp3) is 0.0526. The van der Waals surface area contributed by atoms with Crippen molar-refractivity contribution in [2.75, 3.05) is 0 Å². The van der Waals surface area contributed by atoms with Gasteiger partial charge in [0.1, 0.15) is 31.8 Å². The van der Waals surface area contributed by atoms with Gasteiger partial charge in [-0.05, 0) is 72.8 Å². The number of hydrogen-bond acceptors (Lipinski definition) is 1. The Kier molecular flexibility index (Phi) is 7.70. The van der Waals surface area contributed by atoms with Gasteiger partial charge in [0, 0.05) is 6.92 Å². The van der Waals surface area contributed by atoms with E-state index in [9.17, 15) is 5.11 Å². The van der Waals surface area contributed by atoms with Gasteiger partial charge in [0.2, 0.25) is 0 Å². The van der Waals surface area contributed by atoms with Crippen molar-refractivity contribution in [1.29, 1.82) is 0 Å². The molecule has 0 saturated carbocycles. The van der Waals surface area contributed by atoms with Crippen molar-refractivity contribution in [2.45, 2.75) is 12.0 Å². The highest BCUT2D eigenvalue weighted by Crippen LogP contribution is 2.82. The van der Waals surface area contributed by atoms with Gasteiger partial charge in [-0.2, -0.15) is 0 Å². The molecule has 0 fully saturated rings. The van der Waals surface area contributed by atoms with Crippen LogP contribution in [-0.2, 0) is 0 Å². The summed E-state index contributed by atoms with van der Waals surface area (Å²) in [6.07, 6.45) is 0. The lowest BCUT2D eigenvalue weighted by atomic mass is 10.3. The second kappa shape index (κ2) is 11.6. The molecule has 0 bridgehead atoms. The topological polar surface area (TPSA) is 20.2 Å². The molecule has 0 heterocycles. The molecule has 0 aliphatic rings. The van der Waals surface area contributed by atoms with Crippen LogP contribution in [0, 0.1) is 0 Å². The van der Waals surface area contributed by atoms with E-state index in [2.05, 4.69) is 189 Å². The van der Waals surface area contributed by atoms with E-state index in [1.54, 1.807) is 0 Å². The predicted octanol–water partition coefficient (Wildman–Crippen LogP) is 6.64. The Morgan fingerprint density at radius 2 is 0.463 bits per heavy atom. The van der Waals surface area contributed by atoms with E-state index in [-0.39, 0.29) is 0 Å². The summed E-state index contributed by atoms with van der Waals surface area (Å²) >= 11 is 0. The van der Waals surface area contributed by atoms with Gasteiger partial charge in [-0.3, -0.25) is 0 Å². The SMILES string of the molecule is CC(O)([P+](c1ccccc1)(c1ccccc1)c1ccccc1)[P+](c1ccccc1)(c1ccccc1)c1ccccc1. The Balaban J connectivity index is 1.86. The first-order valence-corrected chi connectivity index (χ1v) is 17.6. The molecule has 6 rings (SSSR count). The minimum atomic E-state index is -2.77. The van der Waals surface area contributed by atoms with Gasteiger partial charge < -0.3 is 5.11 Å². The molecule has 6 aromatic rings. The summed E-state index contributed by atoms with van der Waals surface area (Å²) in [6.45, 7) is 2.13. The Morgan fingerprint density at radius 1 is 0.317 bits per heavy atom. The second-order valence-electron chi connectivity index (χ2n) is 10.3. The number of rotatable bonds is 8. The Labute approximate surface area is 244 Å². The summed E-state index contributed by atoms with van der Waals surface area (Å²) in [5.74, 6) is 0. The molecule has 0 unspecified atom stereocenters. The van der Waals surface area contributed by atoms with E-state index in [0.717, 1.165) is 31.8 Å². The monoisotopic (exact) mass is 568 g/mol. The summed E-state index contributed by atoms with van der Waals surface area (Å²) in [6, 6.07) is 64.4. The van der Waals surface area contributed by atoms with E-state index in [1.807, 2.05) is 0 Å². The average Bonchev–Trinajstić information content (AvgIpc) is 3.05. The summed E-state index contributed by atoms with van der Waals surface area (Å²) < 4.78 is 0. The van der Waals surface area contributed by atoms with Crippen LogP contribution in [-0.4, -0.2) is 10.2 Å². The normalized spacial score (nSPS) is 12.1. The number of hydrogen-bond donors (Lipinski definition) is 1. The highest BCUT2D eigenvalue weighted by Gasteiger charge is 2.76. The lowest BCUT2D eigenvalue weighted by Crippen LogP contribution is -2.54. The molecule has 6 aromatic carbocycles. The summed E-state index contributed by atoms with van der Waals surface area (Å²) in [7, 11) is -5.54. The zero-order valence-corrected chi connectivity index (χ0v) is 25.0. The molecule has 0 spiro atoms. The van der Waals surface area contributed by atoms with E-state index >= 15 is 0 Å². The highest BCUT2D eigenvalue weighted by molar-refractivity contribution is 8.11. The lowest BCUT2D eigenvalue weighted by molar-refractivity contribution is 0.238. The van der Waals surface area contributed by atoms with Crippen LogP contribution in [0.15, 0.2) is 182 Å². The minimum Gasteiger partial charge on any atom is -0.325 e. The van der Waals surface area contributed by atoms with Gasteiger partial charge in [0.25, 0.3) is 5.08 Å². The van der Waals surface area contributed by atoms with E-state index in [1.165, 1.54) is 0 Å². The fourth-order valence-electron chi connectivity index (χ4n) is 6.50. The van der Waals surface area contributed by atoms with Crippen LogP contribution in [0.3, 0.4) is 0 Å². The molecule has 1 nitrogen and oxygen atoms in total. The molecule has 41 heavy (non-hydrogen) atoms. The molecule has 0 saturated heterocycles. The standard InChI is InChI=1S/C38H34OP2/c1-38(39,40(32-20-8-2-9-21-32,33-22-10-3-11-23-33)34-24-12-4-13-25-34)41(35-26-14-5-15-27-35,36-28-16-6-17-29-36)37-30-18-7-19-31-37/h2-31,39H,1H3/q+2. The summed E-state index contributed by atoms with van der Waals surface area (Å²) in [5, 5.41) is 19.9. The van der Waals surface area contributed by atoms with Crippen LogP contribution in [0.25, 0.3) is 0 Å². The van der Waals surface area contributed by atoms with Gasteiger partial charge in [0.05, 0.1) is 0 Å². The molecule has 0 aromatic heterocycles. The zero-order chi connectivity index (χ0) is 28.2. The van der Waals surface area contributed by atoms with Crippen molar-refractivity contribution in [3.63, 3.8) is 0 Å². The van der Waals surface area contributed by atoms with E-state index in [0.29, 0.717) is 0 Å². The molecule has 0 aliphatic carbocycles. The molecule has 3 heteroatoms. The molecular formula is C38H34OP2+2. The van der Waals surface area contributed by atoms with Crippen molar-refractivity contribution in [3.8, 4) is 0 Å². The van der Waals surface area contributed by atoms with Gasteiger partial charge in [0.15, 0.2) is 14.5 Å². The molecule has 0 amide bonds. The van der Waals surface area contributed by atoms with Gasteiger partial charge in [-0.15, -0.1) is 0 Å². The van der Waals surface area contributed by atoms with Crippen LogP contribution in [0.5, 0.6) is 0 Å². The van der Waals surface area contributed by atoms with Gasteiger partial charge >= 0.3 is 0 Å². The second-order valence-corrected chi connectivity index (χ2v) is 18.2. The van der Waals surface area contributed by atoms with Crippen molar-refractivity contribution >= 4 is 46.4 Å². The minimum absolute atomic E-state index is 1.16. The van der Waals surface area contributed by atoms with Crippen LogP contribution in [0.4, 0.5) is 0 Å². The lowest BCUT2D eigenvalue weighted by Gasteiger charge is -2.45. The van der Waals surface area contributed by atoms with Crippen LogP contribution in [0.1, 0.15) is 6.92 Å². The number of benzene rings is 6. The van der Waals surface area contributed by atoms with Gasteiger partial charge in [-0.25, -0.2) is 0 Å². The maximum absolute atomic E-state index is 14.2. The maximum Gasteiger partial charge on any atom is 0.300 e. The van der Waals surface area contributed by atoms with Crippen molar-refractivity contribution in [3.05, 3.63) is 182 Å². The average molecular weight is 569 g/mol. The Bertz CT molecular complexity index is 1350. The Hall–Kier alpha value is -3.86. The Morgan fingerprint density at radius 3 is 0.610 bits per heavy atom. The first-order valence-electron chi connectivity index (χ1n) is 14.0. The smallest absolute Gasteiger partial charge is 0.300 e. The van der Waals surface area contributed by atoms with Crippen LogP contribution >= 0.6 is 14.5 Å². The fourth-order valence-corrected chi connectivity index (χ4v) is 18.8. The largest absolute Gasteiger partial charge is 0.325 e. The molecule has 0 radical (unpaired) electrons. The van der Waals surface area contributed by atoms with Crippen molar-refractivity contribution in [2.24, 2.45) is 0 Å². The quantitative estimate of drug-likeness (QED) is 0.204. The van der Waals surface area contributed by atoms with E-state index in [4.69, 9.17) is 0 Å². The molecular weight excluding hydrogens is 534 g/mol. The third kappa shape index (κ3) is 4.37. The third-order valence-corrected chi connectivity index (χ3v) is 18.9. The maximum atomic E-state index is 14.2. The van der Waals surface area contributed by atoms with Crippen molar-refractivity contribution < 1.29 is 5.11 Å². The third-order valence-electron chi connectivity index (χ3n) is 8.13. The van der Waals surface area contributed by atoms with Crippen molar-refractivity contribution in [1.82, 2.24) is 0 Å². The first-order chi connectivity index (χ1) is 20.1. The predicted molar refractivity (Wildman–Crippen MR) is 181 cm³/mol. The number of aliphatic hydroxyl groups is 1. The summed E-state index contributed by atoms with van der Waals surface area (Å²) in [4.78, 5) is 0. The van der Waals surface area contributed by atoms with Crippen LogP contribution < -0.4 is 31.8 Å². The zero-order valence-electron chi connectivity index (χ0n) is 23.2. The molecule has 0 atom stereocenters. The van der Waals surface area contributed by atoms with Crippen LogP contribution in [0.2, 0.25) is 0 Å². The van der Waals surface area contributed by atoms with E-state index < -0.39 is 19.6 Å².